The summed E-state index contributed by atoms with van der Waals surface area (Å²) in [5.41, 5.74) is 0. The van der Waals surface area contributed by atoms with Crippen LogP contribution in [0.4, 0.5) is 0 Å². The molecule has 2 aliphatic carbocycles. The van der Waals surface area contributed by atoms with E-state index in [-0.39, 0.29) is 10.7 Å². The van der Waals surface area contributed by atoms with Crippen molar-refractivity contribution in [2.45, 2.75) is 49.8 Å². The summed E-state index contributed by atoms with van der Waals surface area (Å²) in [6, 6.07) is 0. The third kappa shape index (κ3) is 4.20. The van der Waals surface area contributed by atoms with Crippen LogP contribution in [0.25, 0.3) is 0 Å². The molecule has 0 aliphatic heterocycles. The lowest BCUT2D eigenvalue weighted by atomic mass is 9.67. The molecule has 2 fully saturated rings. The Hall–Kier alpha value is -0.0900. The maximum atomic E-state index is 12.6. The molecule has 3 nitrogen and oxygen atoms in total. The van der Waals surface area contributed by atoms with Gasteiger partial charge >= 0.3 is 0 Å². The summed E-state index contributed by atoms with van der Waals surface area (Å²) in [6.07, 6.45) is 9.02. The van der Waals surface area contributed by atoms with Crippen molar-refractivity contribution in [3.8, 4) is 0 Å². The highest BCUT2D eigenvalue weighted by Gasteiger charge is 2.36. The van der Waals surface area contributed by atoms with Gasteiger partial charge in [-0.2, -0.15) is 0 Å². The number of alkyl halides is 1. The van der Waals surface area contributed by atoms with Crippen LogP contribution in [0.15, 0.2) is 0 Å². The molecule has 1 amide bonds. The van der Waals surface area contributed by atoms with Crippen LogP contribution in [0.2, 0.25) is 0 Å². The van der Waals surface area contributed by atoms with Gasteiger partial charge in [0.2, 0.25) is 5.91 Å². The zero-order valence-corrected chi connectivity index (χ0v) is 14.4. The van der Waals surface area contributed by atoms with Crippen LogP contribution >= 0.6 is 15.9 Å². The molecule has 0 aromatic heterocycles. The normalized spacial score (nSPS) is 31.4. The van der Waals surface area contributed by atoms with E-state index in [1.165, 1.54) is 32.1 Å². The van der Waals surface area contributed by atoms with Crippen LogP contribution in [-0.4, -0.2) is 42.9 Å². The summed E-state index contributed by atoms with van der Waals surface area (Å²) in [5, 5.41) is 0. The molecule has 2 aliphatic rings. The number of amides is 1. The zero-order valence-electron chi connectivity index (χ0n) is 12.8. The lowest BCUT2D eigenvalue weighted by molar-refractivity contribution is -0.136. The van der Waals surface area contributed by atoms with Crippen molar-refractivity contribution in [2.24, 2.45) is 17.8 Å². The van der Waals surface area contributed by atoms with Gasteiger partial charge in [-0.05, 0) is 31.1 Å². The molecule has 0 heterocycles. The first-order chi connectivity index (χ1) is 9.61. The number of nitrogens with zero attached hydrogens (tertiary/aromatic N) is 1. The van der Waals surface area contributed by atoms with Gasteiger partial charge in [0.25, 0.3) is 0 Å². The number of carbonyl (C=O) groups excluding carboxylic acids is 1. The van der Waals surface area contributed by atoms with E-state index in [1.807, 2.05) is 11.9 Å². The Bertz CT molecular complexity index is 324. The average molecular weight is 346 g/mol. The maximum Gasteiger partial charge on any atom is 0.225 e. The number of ether oxygens (including phenoxy) is 1. The SMILES string of the molecule is COCC(Br)CN(C)C(=O)C1CCC2CCCCC2C1. The monoisotopic (exact) mass is 345 g/mol. The molecule has 20 heavy (non-hydrogen) atoms. The van der Waals surface area contributed by atoms with Gasteiger partial charge in [0.15, 0.2) is 0 Å². The van der Waals surface area contributed by atoms with Crippen LogP contribution < -0.4 is 0 Å². The molecule has 4 heteroatoms. The molecule has 0 radical (unpaired) electrons. The molecular weight excluding hydrogens is 318 g/mol. The summed E-state index contributed by atoms with van der Waals surface area (Å²) in [6.45, 7) is 1.38. The molecule has 2 saturated carbocycles. The number of hydrogen-bond acceptors (Lipinski definition) is 2. The van der Waals surface area contributed by atoms with Crippen LogP contribution in [0, 0.1) is 17.8 Å². The van der Waals surface area contributed by atoms with Gasteiger partial charge < -0.3 is 9.64 Å². The van der Waals surface area contributed by atoms with E-state index in [0.717, 1.165) is 31.2 Å². The van der Waals surface area contributed by atoms with E-state index in [1.54, 1.807) is 7.11 Å². The quantitative estimate of drug-likeness (QED) is 0.714. The molecule has 116 valence electrons. The molecule has 4 atom stereocenters. The predicted molar refractivity (Wildman–Crippen MR) is 85.0 cm³/mol. The number of methoxy groups -OCH3 is 1. The van der Waals surface area contributed by atoms with Crippen molar-refractivity contribution in [3.63, 3.8) is 0 Å². The van der Waals surface area contributed by atoms with E-state index in [0.29, 0.717) is 12.5 Å². The maximum absolute atomic E-state index is 12.6. The lowest BCUT2D eigenvalue weighted by Gasteiger charge is -2.39. The Morgan fingerprint density at radius 3 is 2.65 bits per heavy atom. The zero-order chi connectivity index (χ0) is 14.5. The molecule has 0 spiro atoms. The van der Waals surface area contributed by atoms with Crippen molar-refractivity contribution in [3.05, 3.63) is 0 Å². The third-order valence-corrected chi connectivity index (χ3v) is 5.64. The molecule has 0 saturated heterocycles. The molecule has 0 aromatic rings. The number of rotatable bonds is 5. The summed E-state index contributed by atoms with van der Waals surface area (Å²) >= 11 is 3.57. The molecular formula is C16H28BrNO2. The summed E-state index contributed by atoms with van der Waals surface area (Å²) in [5.74, 6) is 2.34. The van der Waals surface area contributed by atoms with E-state index in [2.05, 4.69) is 15.9 Å². The smallest absolute Gasteiger partial charge is 0.225 e. The van der Waals surface area contributed by atoms with Crippen molar-refractivity contribution < 1.29 is 9.53 Å². The molecule has 0 aromatic carbocycles. The van der Waals surface area contributed by atoms with Crippen molar-refractivity contribution in [1.82, 2.24) is 4.90 Å². The van der Waals surface area contributed by atoms with Gasteiger partial charge in [-0.3, -0.25) is 4.79 Å². The minimum Gasteiger partial charge on any atom is -0.383 e. The predicted octanol–water partition coefficient (Wildman–Crippen LogP) is 3.46. The van der Waals surface area contributed by atoms with Gasteiger partial charge in [-0.1, -0.05) is 41.6 Å². The minimum absolute atomic E-state index is 0.229. The number of halogens is 1. The lowest BCUT2D eigenvalue weighted by Crippen LogP contribution is -2.41. The standard InChI is InChI=1S/C16H28BrNO2/c1-18(10-15(17)11-20-2)16(19)14-8-7-12-5-3-4-6-13(12)9-14/h12-15H,3-11H2,1-2H3. The highest BCUT2D eigenvalue weighted by Crippen LogP contribution is 2.43. The summed E-state index contributed by atoms with van der Waals surface area (Å²) in [4.78, 5) is 14.7. The fraction of sp³-hybridized carbons (Fsp3) is 0.938. The Balaban J connectivity index is 1.83. The number of carbonyl (C=O) groups is 1. The van der Waals surface area contributed by atoms with E-state index in [9.17, 15) is 4.79 Å². The fourth-order valence-corrected chi connectivity index (χ4v) is 4.73. The third-order valence-electron chi connectivity index (χ3n) is 5.08. The first-order valence-corrected chi connectivity index (χ1v) is 8.91. The van der Waals surface area contributed by atoms with Crippen molar-refractivity contribution in [1.29, 1.82) is 0 Å². The van der Waals surface area contributed by atoms with Gasteiger partial charge in [-0.25, -0.2) is 0 Å². The second-order valence-electron chi connectivity index (χ2n) is 6.59. The summed E-state index contributed by atoms with van der Waals surface area (Å²) < 4.78 is 5.12. The van der Waals surface area contributed by atoms with E-state index < -0.39 is 0 Å². The summed E-state index contributed by atoms with van der Waals surface area (Å²) in [7, 11) is 3.62. The van der Waals surface area contributed by atoms with Crippen molar-refractivity contribution >= 4 is 21.8 Å². The molecule has 4 unspecified atom stereocenters. The first kappa shape index (κ1) is 16.3. The Labute approximate surface area is 131 Å². The first-order valence-electron chi connectivity index (χ1n) is 7.99. The Kier molecular flexibility index (Phi) is 6.34. The highest BCUT2D eigenvalue weighted by molar-refractivity contribution is 9.09. The van der Waals surface area contributed by atoms with Gasteiger partial charge in [-0.15, -0.1) is 0 Å². The molecule has 0 bridgehead atoms. The molecule has 2 rings (SSSR count). The molecule has 0 N–H and O–H groups in total. The van der Waals surface area contributed by atoms with E-state index >= 15 is 0 Å². The number of hydrogen-bond donors (Lipinski definition) is 0. The van der Waals surface area contributed by atoms with Crippen LogP contribution in [-0.2, 0) is 9.53 Å². The fourth-order valence-electron chi connectivity index (χ4n) is 4.03. The van der Waals surface area contributed by atoms with Gasteiger partial charge in [0.05, 0.1) is 11.4 Å². The Morgan fingerprint density at radius 2 is 1.95 bits per heavy atom. The minimum atomic E-state index is 0.229. The number of fused-ring (bicyclic) bond motifs is 1. The largest absolute Gasteiger partial charge is 0.383 e. The second-order valence-corrected chi connectivity index (χ2v) is 7.88. The van der Waals surface area contributed by atoms with E-state index in [4.69, 9.17) is 4.74 Å². The van der Waals surface area contributed by atoms with Gasteiger partial charge in [0, 0.05) is 26.6 Å². The van der Waals surface area contributed by atoms with Crippen molar-refractivity contribution in [2.75, 3.05) is 27.3 Å². The topological polar surface area (TPSA) is 29.5 Å². The van der Waals surface area contributed by atoms with Crippen LogP contribution in [0.3, 0.4) is 0 Å². The van der Waals surface area contributed by atoms with Gasteiger partial charge in [0.1, 0.15) is 0 Å². The van der Waals surface area contributed by atoms with Crippen LogP contribution in [0.5, 0.6) is 0 Å². The second kappa shape index (κ2) is 7.79. The highest BCUT2D eigenvalue weighted by atomic mass is 79.9. The van der Waals surface area contributed by atoms with Crippen LogP contribution in [0.1, 0.15) is 44.9 Å². The Morgan fingerprint density at radius 1 is 1.25 bits per heavy atom. The average Bonchev–Trinajstić information content (AvgIpc) is 2.46.